The third-order valence-electron chi connectivity index (χ3n) is 1.70. The first-order valence-corrected chi connectivity index (χ1v) is 6.29. The molecule has 1 rings (SSSR count). The molecule has 1 atom stereocenters. The highest BCUT2D eigenvalue weighted by molar-refractivity contribution is 8.01. The predicted octanol–water partition coefficient (Wildman–Crippen LogP) is 0.961. The van der Waals surface area contributed by atoms with E-state index in [9.17, 15) is 4.79 Å². The Morgan fingerprint density at radius 2 is 2.47 bits per heavy atom. The Labute approximate surface area is 97.0 Å². The minimum atomic E-state index is -0.157. The van der Waals surface area contributed by atoms with E-state index >= 15 is 0 Å². The molecule has 0 aliphatic carbocycles. The van der Waals surface area contributed by atoms with Crippen molar-refractivity contribution in [1.82, 2.24) is 14.8 Å². The number of rotatable bonds is 5. The number of aromatic nitrogens is 2. The van der Waals surface area contributed by atoms with Gasteiger partial charge in [-0.3, -0.25) is 10.2 Å². The van der Waals surface area contributed by atoms with Gasteiger partial charge in [-0.15, -0.1) is 0 Å². The molecule has 0 aliphatic heterocycles. The zero-order valence-corrected chi connectivity index (χ0v) is 10.3. The molecule has 7 heteroatoms. The summed E-state index contributed by atoms with van der Waals surface area (Å²) < 4.78 is 5.08. The van der Waals surface area contributed by atoms with Crippen LogP contribution in [-0.4, -0.2) is 20.5 Å². The van der Waals surface area contributed by atoms with E-state index in [-0.39, 0.29) is 11.2 Å². The van der Waals surface area contributed by atoms with Gasteiger partial charge in [-0.05, 0) is 11.5 Å². The number of aryl methyl sites for hydroxylation is 1. The van der Waals surface area contributed by atoms with Crippen LogP contribution in [0, 0.1) is 0 Å². The molecule has 84 valence electrons. The molecule has 0 spiro atoms. The Hall–Kier alpha value is -0.660. The van der Waals surface area contributed by atoms with Gasteiger partial charge in [-0.25, -0.2) is 10.8 Å². The molecule has 0 saturated carbocycles. The van der Waals surface area contributed by atoms with E-state index in [1.54, 1.807) is 11.8 Å². The zero-order valence-electron chi connectivity index (χ0n) is 8.69. The first-order valence-electron chi connectivity index (χ1n) is 4.64. The predicted molar refractivity (Wildman–Crippen MR) is 61.6 cm³/mol. The van der Waals surface area contributed by atoms with Gasteiger partial charge in [-0.2, -0.15) is 4.37 Å². The van der Waals surface area contributed by atoms with Crippen LogP contribution >= 0.6 is 23.3 Å². The van der Waals surface area contributed by atoms with Crippen LogP contribution in [0.15, 0.2) is 4.34 Å². The summed E-state index contributed by atoms with van der Waals surface area (Å²) in [6, 6.07) is 0. The summed E-state index contributed by atoms with van der Waals surface area (Å²) in [5.74, 6) is 5.71. The molecule has 0 bridgehead atoms. The topological polar surface area (TPSA) is 80.9 Å². The highest BCUT2D eigenvalue weighted by Gasteiger charge is 2.12. The maximum absolute atomic E-state index is 11.0. The van der Waals surface area contributed by atoms with Crippen LogP contribution in [0.2, 0.25) is 0 Å². The van der Waals surface area contributed by atoms with Crippen molar-refractivity contribution >= 4 is 29.2 Å². The molecule has 0 aliphatic rings. The van der Waals surface area contributed by atoms with Crippen molar-refractivity contribution < 1.29 is 4.79 Å². The lowest BCUT2D eigenvalue weighted by atomic mass is 10.3. The minimum Gasteiger partial charge on any atom is -0.294 e. The van der Waals surface area contributed by atoms with Crippen molar-refractivity contribution in [3.8, 4) is 0 Å². The van der Waals surface area contributed by atoms with Crippen molar-refractivity contribution in [2.45, 2.75) is 36.3 Å². The van der Waals surface area contributed by atoms with E-state index in [2.05, 4.69) is 14.8 Å². The number of hydrazine groups is 1. The standard InChI is InChI=1S/C8H14N4OS2/c1-3-6-10-8(15-12-6)14-5(2)4-7(13)11-9/h5H,3-4,9H2,1-2H3,(H,11,13). The molecule has 1 heterocycles. The summed E-state index contributed by atoms with van der Waals surface area (Å²) in [5.41, 5.74) is 2.11. The molecule has 1 unspecified atom stereocenters. The molecule has 1 amide bonds. The summed E-state index contributed by atoms with van der Waals surface area (Å²) in [6.07, 6.45) is 1.23. The molecule has 15 heavy (non-hydrogen) atoms. The Kier molecular flexibility index (Phi) is 5.00. The van der Waals surface area contributed by atoms with E-state index in [4.69, 9.17) is 5.84 Å². The van der Waals surface area contributed by atoms with Crippen LogP contribution in [-0.2, 0) is 11.2 Å². The maximum Gasteiger partial charge on any atom is 0.234 e. The fourth-order valence-corrected chi connectivity index (χ4v) is 2.98. The van der Waals surface area contributed by atoms with Gasteiger partial charge in [0.15, 0.2) is 4.34 Å². The van der Waals surface area contributed by atoms with E-state index in [1.165, 1.54) is 11.5 Å². The Bertz CT molecular complexity index is 328. The van der Waals surface area contributed by atoms with Crippen molar-refractivity contribution in [2.24, 2.45) is 5.84 Å². The lowest BCUT2D eigenvalue weighted by Gasteiger charge is -2.06. The molecule has 0 radical (unpaired) electrons. The quantitative estimate of drug-likeness (QED) is 0.350. The van der Waals surface area contributed by atoms with Crippen LogP contribution in [0.1, 0.15) is 26.1 Å². The summed E-state index contributed by atoms with van der Waals surface area (Å²) in [4.78, 5) is 15.3. The SMILES string of the molecule is CCc1nsc(SC(C)CC(=O)NN)n1. The van der Waals surface area contributed by atoms with Crippen molar-refractivity contribution in [2.75, 3.05) is 0 Å². The summed E-state index contributed by atoms with van der Waals surface area (Å²) in [6.45, 7) is 3.98. The fraction of sp³-hybridized carbons (Fsp3) is 0.625. The number of hydrogen-bond acceptors (Lipinski definition) is 6. The highest BCUT2D eigenvalue weighted by Crippen LogP contribution is 2.26. The summed E-state index contributed by atoms with van der Waals surface area (Å²) in [5, 5.41) is 0.159. The lowest BCUT2D eigenvalue weighted by Crippen LogP contribution is -2.31. The Balaban J connectivity index is 2.43. The van der Waals surface area contributed by atoms with Crippen LogP contribution < -0.4 is 11.3 Å². The Morgan fingerprint density at radius 1 is 1.73 bits per heavy atom. The molecule has 0 fully saturated rings. The number of thioether (sulfide) groups is 1. The first kappa shape index (κ1) is 12.4. The van der Waals surface area contributed by atoms with Gasteiger partial charge < -0.3 is 0 Å². The van der Waals surface area contributed by atoms with Crippen LogP contribution in [0.4, 0.5) is 0 Å². The molecular formula is C8H14N4OS2. The zero-order chi connectivity index (χ0) is 11.3. The highest BCUT2D eigenvalue weighted by atomic mass is 32.2. The lowest BCUT2D eigenvalue weighted by molar-refractivity contribution is -0.121. The summed E-state index contributed by atoms with van der Waals surface area (Å²) in [7, 11) is 0. The van der Waals surface area contributed by atoms with Gasteiger partial charge in [0.1, 0.15) is 5.82 Å². The second kappa shape index (κ2) is 6.04. The smallest absolute Gasteiger partial charge is 0.234 e. The van der Waals surface area contributed by atoms with Gasteiger partial charge in [0.05, 0.1) is 0 Å². The number of carbonyl (C=O) groups excluding carboxylic acids is 1. The molecule has 3 N–H and O–H groups in total. The molecule has 0 saturated heterocycles. The monoisotopic (exact) mass is 246 g/mol. The average molecular weight is 246 g/mol. The van der Waals surface area contributed by atoms with Crippen molar-refractivity contribution in [3.63, 3.8) is 0 Å². The number of nitrogens with one attached hydrogen (secondary N) is 1. The molecular weight excluding hydrogens is 232 g/mol. The molecule has 1 aromatic heterocycles. The molecule has 5 nitrogen and oxygen atoms in total. The number of carbonyl (C=O) groups is 1. The van der Waals surface area contributed by atoms with Gasteiger partial charge in [-0.1, -0.05) is 25.6 Å². The van der Waals surface area contributed by atoms with Crippen LogP contribution in [0.5, 0.6) is 0 Å². The fourth-order valence-electron chi connectivity index (χ4n) is 0.963. The largest absolute Gasteiger partial charge is 0.294 e. The average Bonchev–Trinajstić information content (AvgIpc) is 2.65. The van der Waals surface area contributed by atoms with Gasteiger partial charge >= 0.3 is 0 Å². The number of hydrogen-bond donors (Lipinski definition) is 2. The minimum absolute atomic E-state index is 0.157. The molecule has 0 aromatic carbocycles. The third kappa shape index (κ3) is 4.15. The van der Waals surface area contributed by atoms with Gasteiger partial charge in [0, 0.05) is 18.1 Å². The number of nitrogens with zero attached hydrogens (tertiary/aromatic N) is 2. The van der Waals surface area contributed by atoms with Crippen molar-refractivity contribution in [3.05, 3.63) is 5.82 Å². The molecule has 1 aromatic rings. The third-order valence-corrected chi connectivity index (χ3v) is 3.63. The maximum atomic E-state index is 11.0. The van der Waals surface area contributed by atoms with Crippen LogP contribution in [0.3, 0.4) is 0 Å². The normalized spacial score (nSPS) is 12.5. The number of nitrogens with two attached hydrogens (primary N) is 1. The van der Waals surface area contributed by atoms with Crippen molar-refractivity contribution in [1.29, 1.82) is 0 Å². The second-order valence-electron chi connectivity index (χ2n) is 3.03. The van der Waals surface area contributed by atoms with E-state index < -0.39 is 0 Å². The van der Waals surface area contributed by atoms with E-state index in [0.717, 1.165) is 16.6 Å². The van der Waals surface area contributed by atoms with E-state index in [0.29, 0.717) is 6.42 Å². The first-order chi connectivity index (χ1) is 7.15. The Morgan fingerprint density at radius 3 is 3.00 bits per heavy atom. The van der Waals surface area contributed by atoms with Crippen LogP contribution in [0.25, 0.3) is 0 Å². The number of amides is 1. The summed E-state index contributed by atoms with van der Waals surface area (Å²) >= 11 is 2.93. The second-order valence-corrected chi connectivity index (χ2v) is 5.47. The van der Waals surface area contributed by atoms with E-state index in [1.807, 2.05) is 13.8 Å². The van der Waals surface area contributed by atoms with Gasteiger partial charge in [0.25, 0.3) is 0 Å². The van der Waals surface area contributed by atoms with Gasteiger partial charge in [0.2, 0.25) is 5.91 Å².